The van der Waals surface area contributed by atoms with Crippen molar-refractivity contribution in [1.29, 1.82) is 0 Å². The summed E-state index contributed by atoms with van der Waals surface area (Å²) >= 11 is 0. The Balaban J connectivity index is 1.80. The smallest absolute Gasteiger partial charge is 0.334 e. The lowest BCUT2D eigenvalue weighted by molar-refractivity contribution is -0.168. The fraction of sp³-hybridized carbons (Fsp3) is 0.750. The van der Waals surface area contributed by atoms with Crippen LogP contribution >= 0.6 is 0 Å². The Morgan fingerprint density at radius 2 is 2.00 bits per heavy atom. The predicted octanol–water partition coefficient (Wildman–Crippen LogP) is 3.68. The number of epoxide rings is 1. The number of allylic oxidation sites excluding steroid dienone is 2. The molecule has 2 fully saturated rings. The molecule has 0 spiro atoms. The van der Waals surface area contributed by atoms with E-state index in [4.69, 9.17) is 9.47 Å². The van der Waals surface area contributed by atoms with Gasteiger partial charge in [0.05, 0.1) is 17.3 Å². The van der Waals surface area contributed by atoms with Crippen LogP contribution in [0.15, 0.2) is 23.8 Å². The number of esters is 1. The van der Waals surface area contributed by atoms with Crippen LogP contribution in [-0.2, 0) is 14.3 Å². The number of fused-ring (bicyclic) bond motifs is 3. The molecule has 2 bridgehead atoms. The molecule has 0 aromatic rings. The molecule has 4 heteroatoms. The zero-order valence-electron chi connectivity index (χ0n) is 15.1. The normalized spacial score (nSPS) is 44.0. The highest BCUT2D eigenvalue weighted by molar-refractivity contribution is 5.89. The second-order valence-electron chi connectivity index (χ2n) is 8.29. The van der Waals surface area contributed by atoms with E-state index in [2.05, 4.69) is 26.5 Å². The minimum Gasteiger partial charge on any atom is -0.456 e. The highest BCUT2D eigenvalue weighted by Crippen LogP contribution is 2.46. The van der Waals surface area contributed by atoms with Crippen molar-refractivity contribution >= 4 is 5.97 Å². The summed E-state index contributed by atoms with van der Waals surface area (Å²) in [6.07, 6.45) is 7.98. The highest BCUT2D eigenvalue weighted by atomic mass is 16.6. The average molecular weight is 334 g/mol. The van der Waals surface area contributed by atoms with Gasteiger partial charge in [-0.3, -0.25) is 0 Å². The van der Waals surface area contributed by atoms with Crippen molar-refractivity contribution in [2.24, 2.45) is 5.92 Å². The van der Waals surface area contributed by atoms with Gasteiger partial charge in [0.15, 0.2) is 0 Å². The average Bonchev–Trinajstić information content (AvgIpc) is 3.16. The maximum absolute atomic E-state index is 12.2. The summed E-state index contributed by atoms with van der Waals surface area (Å²) in [4.78, 5) is 12.2. The van der Waals surface area contributed by atoms with Gasteiger partial charge >= 0.3 is 5.97 Å². The minimum atomic E-state index is -1.00. The van der Waals surface area contributed by atoms with E-state index in [9.17, 15) is 9.90 Å². The Morgan fingerprint density at radius 1 is 1.25 bits per heavy atom. The Labute approximate surface area is 144 Å². The molecule has 5 atom stereocenters. The van der Waals surface area contributed by atoms with E-state index in [1.54, 1.807) is 6.92 Å². The number of hydrogen-bond donors (Lipinski definition) is 1. The molecule has 24 heavy (non-hydrogen) atoms. The van der Waals surface area contributed by atoms with E-state index in [1.165, 1.54) is 5.57 Å². The predicted molar refractivity (Wildman–Crippen MR) is 92.5 cm³/mol. The molecule has 0 unspecified atom stereocenters. The van der Waals surface area contributed by atoms with E-state index in [0.29, 0.717) is 24.5 Å². The maximum atomic E-state index is 12.2. The second-order valence-corrected chi connectivity index (χ2v) is 8.29. The fourth-order valence-corrected chi connectivity index (χ4v) is 4.06. The largest absolute Gasteiger partial charge is 0.456 e. The van der Waals surface area contributed by atoms with Crippen molar-refractivity contribution in [3.05, 3.63) is 23.8 Å². The van der Waals surface area contributed by atoms with Crippen molar-refractivity contribution in [2.75, 3.05) is 0 Å². The quantitative estimate of drug-likeness (QED) is 0.318. The van der Waals surface area contributed by atoms with Crippen LogP contribution in [0.2, 0.25) is 0 Å². The van der Waals surface area contributed by atoms with Crippen molar-refractivity contribution < 1.29 is 19.4 Å². The first kappa shape index (κ1) is 17.7. The molecule has 0 aromatic carbocycles. The second kappa shape index (κ2) is 6.30. The summed E-state index contributed by atoms with van der Waals surface area (Å²) in [5.41, 5.74) is 0.820. The molecule has 2 aliphatic heterocycles. The molecule has 3 aliphatic rings. The lowest BCUT2D eigenvalue weighted by Crippen LogP contribution is -2.47. The van der Waals surface area contributed by atoms with E-state index >= 15 is 0 Å². The molecule has 4 nitrogen and oxygen atoms in total. The van der Waals surface area contributed by atoms with Crippen LogP contribution in [0.1, 0.15) is 65.7 Å². The zero-order valence-corrected chi connectivity index (χ0v) is 15.1. The zero-order chi connectivity index (χ0) is 17.5. The first-order chi connectivity index (χ1) is 11.2. The summed E-state index contributed by atoms with van der Waals surface area (Å²) < 4.78 is 11.4. The van der Waals surface area contributed by atoms with E-state index in [-0.39, 0.29) is 17.5 Å². The molecule has 0 saturated carbocycles. The molecule has 0 radical (unpaired) electrons. The SMILES string of the molecule is C=C1C(=O)O[C@@H]2C[C@H]1CC[C@]1(C)O[C@H]1CCC(C)=CCC[C@@]2(C)O. The number of hydrogen-bond acceptors (Lipinski definition) is 4. The van der Waals surface area contributed by atoms with Gasteiger partial charge in [0, 0.05) is 5.57 Å². The van der Waals surface area contributed by atoms with Crippen LogP contribution in [0.3, 0.4) is 0 Å². The summed E-state index contributed by atoms with van der Waals surface area (Å²) in [5, 5.41) is 10.8. The van der Waals surface area contributed by atoms with Crippen LogP contribution in [0, 0.1) is 5.92 Å². The molecular formula is C20H30O4. The third kappa shape index (κ3) is 3.60. The van der Waals surface area contributed by atoms with Gasteiger partial charge in [-0.25, -0.2) is 4.79 Å². The molecule has 0 amide bonds. The van der Waals surface area contributed by atoms with Gasteiger partial charge < -0.3 is 14.6 Å². The van der Waals surface area contributed by atoms with Crippen molar-refractivity contribution in [3.8, 4) is 0 Å². The van der Waals surface area contributed by atoms with Gasteiger partial charge in [-0.05, 0) is 71.6 Å². The Hall–Kier alpha value is -1.13. The first-order valence-electron chi connectivity index (χ1n) is 9.17. The lowest BCUT2D eigenvalue weighted by atomic mass is 9.79. The van der Waals surface area contributed by atoms with Crippen LogP contribution in [0.25, 0.3) is 0 Å². The van der Waals surface area contributed by atoms with Crippen LogP contribution < -0.4 is 0 Å². The molecule has 1 aliphatic carbocycles. The van der Waals surface area contributed by atoms with E-state index < -0.39 is 11.7 Å². The van der Waals surface area contributed by atoms with Gasteiger partial charge in [-0.15, -0.1) is 0 Å². The number of carbonyl (C=O) groups excluding carboxylic acids is 1. The molecule has 3 rings (SSSR count). The number of aliphatic hydroxyl groups is 1. The first-order valence-corrected chi connectivity index (χ1v) is 9.17. The highest BCUT2D eigenvalue weighted by Gasteiger charge is 2.52. The minimum absolute atomic E-state index is 0.0654. The lowest BCUT2D eigenvalue weighted by Gasteiger charge is -2.39. The van der Waals surface area contributed by atoms with Gasteiger partial charge in [0.1, 0.15) is 6.10 Å². The molecule has 0 aromatic heterocycles. The maximum Gasteiger partial charge on any atom is 0.334 e. The van der Waals surface area contributed by atoms with Crippen LogP contribution in [0.4, 0.5) is 0 Å². The molecular weight excluding hydrogens is 304 g/mol. The number of carbonyl (C=O) groups is 1. The third-order valence-corrected chi connectivity index (χ3v) is 6.17. The van der Waals surface area contributed by atoms with Crippen molar-refractivity contribution in [1.82, 2.24) is 0 Å². The Kier molecular flexibility index (Phi) is 4.65. The van der Waals surface area contributed by atoms with Gasteiger partial charge in [-0.1, -0.05) is 18.2 Å². The van der Waals surface area contributed by atoms with Gasteiger partial charge in [0.2, 0.25) is 0 Å². The van der Waals surface area contributed by atoms with Crippen LogP contribution in [-0.4, -0.2) is 34.5 Å². The summed E-state index contributed by atoms with van der Waals surface area (Å²) in [6, 6.07) is 0. The van der Waals surface area contributed by atoms with Crippen LogP contribution in [0.5, 0.6) is 0 Å². The third-order valence-electron chi connectivity index (χ3n) is 6.17. The number of rotatable bonds is 0. The summed E-state index contributed by atoms with van der Waals surface area (Å²) in [7, 11) is 0. The standard InChI is InChI=1S/C20H30O4/c1-13-6-5-10-19(3,22)17-12-15(14(2)18(21)23-17)9-11-20(4)16(24-20)8-7-13/h6,15-17,22H,2,5,7-12H2,1,3-4H3/t15-,16+,17-,19-,20+/m1/s1. The number of ether oxygens (including phenoxy) is 2. The monoisotopic (exact) mass is 334 g/mol. The molecule has 134 valence electrons. The fourth-order valence-electron chi connectivity index (χ4n) is 4.06. The van der Waals surface area contributed by atoms with Crippen molar-refractivity contribution in [3.63, 3.8) is 0 Å². The molecule has 1 N–H and O–H groups in total. The van der Waals surface area contributed by atoms with Gasteiger partial charge in [0.25, 0.3) is 0 Å². The summed E-state index contributed by atoms with van der Waals surface area (Å²) in [6.45, 7) is 10.0. The molecule has 2 saturated heterocycles. The van der Waals surface area contributed by atoms with Gasteiger partial charge in [-0.2, -0.15) is 0 Å². The topological polar surface area (TPSA) is 59.1 Å². The molecule has 2 heterocycles. The summed E-state index contributed by atoms with van der Waals surface area (Å²) in [5.74, 6) is -0.279. The van der Waals surface area contributed by atoms with Crippen molar-refractivity contribution in [2.45, 2.75) is 89.1 Å². The Morgan fingerprint density at radius 3 is 2.75 bits per heavy atom. The Bertz CT molecular complexity index is 562. The van der Waals surface area contributed by atoms with E-state index in [1.807, 2.05) is 0 Å². The van der Waals surface area contributed by atoms with E-state index in [0.717, 1.165) is 32.1 Å².